The number of nitrogens with zero attached hydrogens (tertiary/aromatic N) is 1. The van der Waals surface area contributed by atoms with Gasteiger partial charge in [-0.3, -0.25) is 4.79 Å². The van der Waals surface area contributed by atoms with Gasteiger partial charge in [0, 0.05) is 15.6 Å². The molecular weight excluding hydrogens is 340 g/mol. The van der Waals surface area contributed by atoms with Gasteiger partial charge in [0.15, 0.2) is 0 Å². The van der Waals surface area contributed by atoms with E-state index in [1.165, 1.54) is 16.9 Å². The van der Waals surface area contributed by atoms with Crippen LogP contribution in [0.3, 0.4) is 0 Å². The first-order valence-electron chi connectivity index (χ1n) is 7.86. The van der Waals surface area contributed by atoms with Crippen LogP contribution in [0, 0.1) is 0 Å². The molecule has 0 saturated heterocycles. The highest BCUT2D eigenvalue weighted by Gasteiger charge is 2.18. The van der Waals surface area contributed by atoms with Gasteiger partial charge < -0.3 is 0 Å². The summed E-state index contributed by atoms with van der Waals surface area (Å²) in [6, 6.07) is 16.0. The second kappa shape index (κ2) is 6.38. The summed E-state index contributed by atoms with van der Waals surface area (Å²) in [7, 11) is 0. The Morgan fingerprint density at radius 3 is 2.75 bits per heavy atom. The molecule has 1 aliphatic rings. The van der Waals surface area contributed by atoms with Crippen LogP contribution in [0.5, 0.6) is 0 Å². The quantitative estimate of drug-likeness (QED) is 0.644. The molecule has 1 amide bonds. The summed E-state index contributed by atoms with van der Waals surface area (Å²) in [6.07, 6.45) is 2.98. The second-order valence-corrected chi connectivity index (χ2v) is 7.18. The van der Waals surface area contributed by atoms with Crippen LogP contribution in [0.25, 0.3) is 10.1 Å². The first-order valence-corrected chi connectivity index (χ1v) is 9.05. The molecule has 5 heteroatoms. The van der Waals surface area contributed by atoms with Gasteiger partial charge in [-0.05, 0) is 30.9 Å². The maximum absolute atomic E-state index is 12.5. The highest BCUT2D eigenvalue weighted by Crippen LogP contribution is 2.35. The molecule has 1 heterocycles. The molecular formula is C19H15ClN2OS. The maximum atomic E-state index is 12.5. The molecule has 0 unspecified atom stereocenters. The summed E-state index contributed by atoms with van der Waals surface area (Å²) < 4.78 is 1.00. The summed E-state index contributed by atoms with van der Waals surface area (Å²) in [4.78, 5) is 13.0. The number of hydrazone groups is 1. The molecule has 3 aromatic rings. The molecule has 0 radical (unpaired) electrons. The van der Waals surface area contributed by atoms with Crippen molar-refractivity contribution in [1.29, 1.82) is 0 Å². The Morgan fingerprint density at radius 1 is 1.08 bits per heavy atom. The number of carbonyl (C=O) groups is 1. The number of carbonyl (C=O) groups excluding carboxylic acids is 1. The third-order valence-corrected chi connectivity index (χ3v) is 5.90. The SMILES string of the molecule is O=C(N/N=C1\CCCc2ccccc21)c1sc2ccccc2c1Cl. The zero-order valence-corrected chi connectivity index (χ0v) is 14.5. The number of halogens is 1. The van der Waals surface area contributed by atoms with Gasteiger partial charge in [-0.2, -0.15) is 5.10 Å². The van der Waals surface area contributed by atoms with E-state index in [9.17, 15) is 4.79 Å². The van der Waals surface area contributed by atoms with Gasteiger partial charge in [0.25, 0.3) is 5.91 Å². The van der Waals surface area contributed by atoms with Crippen molar-refractivity contribution < 1.29 is 4.79 Å². The van der Waals surface area contributed by atoms with Crippen molar-refractivity contribution in [2.24, 2.45) is 5.10 Å². The van der Waals surface area contributed by atoms with E-state index >= 15 is 0 Å². The molecule has 0 saturated carbocycles. The van der Waals surface area contributed by atoms with Gasteiger partial charge >= 0.3 is 0 Å². The molecule has 1 aromatic heterocycles. The van der Waals surface area contributed by atoms with Gasteiger partial charge in [0.2, 0.25) is 0 Å². The van der Waals surface area contributed by atoms with Crippen LogP contribution in [-0.4, -0.2) is 11.6 Å². The average Bonchev–Trinajstić information content (AvgIpc) is 2.97. The molecule has 0 spiro atoms. The number of hydrogen-bond donors (Lipinski definition) is 1. The predicted octanol–water partition coefficient (Wildman–Crippen LogP) is 5.03. The summed E-state index contributed by atoms with van der Waals surface area (Å²) in [5.41, 5.74) is 6.04. The van der Waals surface area contributed by atoms with Crippen molar-refractivity contribution in [3.05, 3.63) is 69.6 Å². The van der Waals surface area contributed by atoms with Crippen molar-refractivity contribution in [2.45, 2.75) is 19.3 Å². The lowest BCUT2D eigenvalue weighted by Crippen LogP contribution is -2.21. The summed E-state index contributed by atoms with van der Waals surface area (Å²) in [5.74, 6) is -0.253. The van der Waals surface area contributed by atoms with Gasteiger partial charge in [0.1, 0.15) is 4.88 Å². The average molecular weight is 355 g/mol. The zero-order chi connectivity index (χ0) is 16.5. The first kappa shape index (κ1) is 15.4. The normalized spacial score (nSPS) is 15.5. The van der Waals surface area contributed by atoms with E-state index < -0.39 is 0 Å². The molecule has 0 fully saturated rings. The highest BCUT2D eigenvalue weighted by atomic mass is 35.5. The van der Waals surface area contributed by atoms with Crippen LogP contribution in [0.1, 0.15) is 33.6 Å². The summed E-state index contributed by atoms with van der Waals surface area (Å²) >= 11 is 7.75. The number of rotatable bonds is 2. The smallest absolute Gasteiger partial charge is 0.266 e. The standard InChI is InChI=1S/C19H15ClN2OS/c20-17-14-9-3-4-11-16(14)24-18(17)19(23)22-21-15-10-5-7-12-6-1-2-8-13(12)15/h1-4,6,8-9,11H,5,7,10H2,(H,22,23)/b21-15+. The summed E-state index contributed by atoms with van der Waals surface area (Å²) in [6.45, 7) is 0. The number of fused-ring (bicyclic) bond motifs is 2. The van der Waals surface area contributed by atoms with E-state index in [0.29, 0.717) is 9.90 Å². The molecule has 2 aromatic carbocycles. The molecule has 0 atom stereocenters. The van der Waals surface area contributed by atoms with Crippen LogP contribution in [-0.2, 0) is 6.42 Å². The molecule has 3 nitrogen and oxygen atoms in total. The molecule has 1 N–H and O–H groups in total. The fraction of sp³-hybridized carbons (Fsp3) is 0.158. The largest absolute Gasteiger partial charge is 0.283 e. The number of nitrogens with one attached hydrogen (secondary N) is 1. The topological polar surface area (TPSA) is 41.5 Å². The number of hydrogen-bond acceptors (Lipinski definition) is 3. The van der Waals surface area contributed by atoms with Gasteiger partial charge in [-0.1, -0.05) is 54.1 Å². The van der Waals surface area contributed by atoms with Crippen LogP contribution >= 0.6 is 22.9 Å². The molecule has 0 bridgehead atoms. The number of aryl methyl sites for hydroxylation is 1. The maximum Gasteiger partial charge on any atom is 0.283 e. The lowest BCUT2D eigenvalue weighted by atomic mass is 9.90. The van der Waals surface area contributed by atoms with E-state index in [0.717, 1.165) is 40.6 Å². The Balaban J connectivity index is 1.62. The van der Waals surface area contributed by atoms with Crippen molar-refractivity contribution in [3.63, 3.8) is 0 Å². The van der Waals surface area contributed by atoms with Gasteiger partial charge in [0.05, 0.1) is 10.7 Å². The minimum absolute atomic E-state index is 0.253. The van der Waals surface area contributed by atoms with Crippen LogP contribution in [0.2, 0.25) is 5.02 Å². The minimum atomic E-state index is -0.253. The van der Waals surface area contributed by atoms with Gasteiger partial charge in [-0.15, -0.1) is 11.3 Å². The van der Waals surface area contributed by atoms with Crippen LogP contribution < -0.4 is 5.43 Å². The molecule has 120 valence electrons. The van der Waals surface area contributed by atoms with Gasteiger partial charge in [-0.25, -0.2) is 5.43 Å². The second-order valence-electron chi connectivity index (χ2n) is 5.75. The Bertz CT molecular complexity index is 961. The fourth-order valence-corrected chi connectivity index (χ4v) is 4.45. The number of benzene rings is 2. The number of amides is 1. The van der Waals surface area contributed by atoms with E-state index in [-0.39, 0.29) is 5.91 Å². The molecule has 1 aliphatic carbocycles. The van der Waals surface area contributed by atoms with Crippen LogP contribution in [0.15, 0.2) is 53.6 Å². The molecule has 0 aliphatic heterocycles. The third-order valence-electron chi connectivity index (χ3n) is 4.22. The molecule has 24 heavy (non-hydrogen) atoms. The lowest BCUT2D eigenvalue weighted by molar-refractivity contribution is 0.0959. The Morgan fingerprint density at radius 2 is 1.88 bits per heavy atom. The Labute approximate surface area is 149 Å². The highest BCUT2D eigenvalue weighted by molar-refractivity contribution is 7.21. The monoisotopic (exact) mass is 354 g/mol. The van der Waals surface area contributed by atoms with E-state index in [4.69, 9.17) is 11.6 Å². The first-order chi connectivity index (χ1) is 11.7. The fourth-order valence-electron chi connectivity index (χ4n) is 3.05. The van der Waals surface area contributed by atoms with E-state index in [1.807, 2.05) is 36.4 Å². The zero-order valence-electron chi connectivity index (χ0n) is 12.9. The van der Waals surface area contributed by atoms with Crippen LogP contribution in [0.4, 0.5) is 0 Å². The predicted molar refractivity (Wildman–Crippen MR) is 100 cm³/mol. The minimum Gasteiger partial charge on any atom is -0.266 e. The van der Waals surface area contributed by atoms with Crippen molar-refractivity contribution >= 4 is 44.6 Å². The summed E-state index contributed by atoms with van der Waals surface area (Å²) in [5, 5.41) is 5.78. The number of thiophene rings is 1. The Kier molecular flexibility index (Phi) is 4.08. The van der Waals surface area contributed by atoms with Crippen molar-refractivity contribution in [1.82, 2.24) is 5.43 Å². The van der Waals surface area contributed by atoms with Crippen molar-refractivity contribution in [2.75, 3.05) is 0 Å². The lowest BCUT2D eigenvalue weighted by Gasteiger charge is -2.17. The van der Waals surface area contributed by atoms with E-state index in [1.54, 1.807) is 0 Å². The molecule has 4 rings (SSSR count). The van der Waals surface area contributed by atoms with Crippen molar-refractivity contribution in [3.8, 4) is 0 Å². The third kappa shape index (κ3) is 2.72. The van der Waals surface area contributed by atoms with E-state index in [2.05, 4.69) is 22.7 Å². The Hall–Kier alpha value is -2.17.